The number of aromatic amines is 1. The Morgan fingerprint density at radius 3 is 2.75 bits per heavy atom. The molecule has 1 aromatic rings. The molecule has 0 radical (unpaired) electrons. The summed E-state index contributed by atoms with van der Waals surface area (Å²) >= 11 is 0. The summed E-state index contributed by atoms with van der Waals surface area (Å²) in [6.45, 7) is 5.74. The fourth-order valence-corrected chi connectivity index (χ4v) is 2.57. The van der Waals surface area contributed by atoms with Crippen molar-refractivity contribution in [2.45, 2.75) is 33.1 Å². The zero-order valence-electron chi connectivity index (χ0n) is 12.1. The Kier molecular flexibility index (Phi) is 4.76. The second kappa shape index (κ2) is 6.54. The molecule has 20 heavy (non-hydrogen) atoms. The second-order valence-electron chi connectivity index (χ2n) is 5.29. The molecule has 1 saturated heterocycles. The normalized spacial score (nSPS) is 16.2. The highest BCUT2D eigenvalue weighted by atomic mass is 16.2. The van der Waals surface area contributed by atoms with E-state index in [2.05, 4.69) is 15.5 Å². The SMILES string of the molecule is CCc1[nH]ncc1C(=O)N1CCC(CNC(C)=O)CC1. The summed E-state index contributed by atoms with van der Waals surface area (Å²) < 4.78 is 0. The lowest BCUT2D eigenvalue weighted by molar-refractivity contribution is -0.119. The van der Waals surface area contributed by atoms with Crippen LogP contribution in [-0.2, 0) is 11.2 Å². The lowest BCUT2D eigenvalue weighted by Gasteiger charge is -2.32. The lowest BCUT2D eigenvalue weighted by atomic mass is 9.96. The van der Waals surface area contributed by atoms with Gasteiger partial charge in [0.2, 0.25) is 5.91 Å². The van der Waals surface area contributed by atoms with E-state index in [0.29, 0.717) is 18.0 Å². The van der Waals surface area contributed by atoms with Gasteiger partial charge in [-0.3, -0.25) is 14.7 Å². The van der Waals surface area contributed by atoms with Crippen LogP contribution in [0.4, 0.5) is 0 Å². The number of H-pyrrole nitrogens is 1. The lowest BCUT2D eigenvalue weighted by Crippen LogP contribution is -2.41. The first-order valence-corrected chi connectivity index (χ1v) is 7.17. The fraction of sp³-hybridized carbons (Fsp3) is 0.643. The molecular weight excluding hydrogens is 256 g/mol. The molecule has 1 aliphatic heterocycles. The zero-order valence-corrected chi connectivity index (χ0v) is 12.1. The van der Waals surface area contributed by atoms with E-state index in [9.17, 15) is 9.59 Å². The fourth-order valence-electron chi connectivity index (χ4n) is 2.57. The van der Waals surface area contributed by atoms with E-state index >= 15 is 0 Å². The topological polar surface area (TPSA) is 78.1 Å². The molecule has 0 saturated carbocycles. The summed E-state index contributed by atoms with van der Waals surface area (Å²) in [6, 6.07) is 0. The van der Waals surface area contributed by atoms with Crippen LogP contribution in [0.1, 0.15) is 42.7 Å². The maximum atomic E-state index is 12.4. The van der Waals surface area contributed by atoms with Crippen LogP contribution >= 0.6 is 0 Å². The predicted octanol–water partition coefficient (Wildman–Crippen LogP) is 0.960. The van der Waals surface area contributed by atoms with Crippen molar-refractivity contribution >= 4 is 11.8 Å². The van der Waals surface area contributed by atoms with Crippen molar-refractivity contribution in [3.63, 3.8) is 0 Å². The van der Waals surface area contributed by atoms with Crippen LogP contribution < -0.4 is 5.32 Å². The molecule has 1 fully saturated rings. The van der Waals surface area contributed by atoms with Gasteiger partial charge in [-0.05, 0) is 25.2 Å². The number of hydrogen-bond acceptors (Lipinski definition) is 3. The molecule has 6 heteroatoms. The van der Waals surface area contributed by atoms with Gasteiger partial charge in [0.05, 0.1) is 11.8 Å². The summed E-state index contributed by atoms with van der Waals surface area (Å²) in [7, 11) is 0. The van der Waals surface area contributed by atoms with Crippen molar-refractivity contribution in [1.29, 1.82) is 0 Å². The van der Waals surface area contributed by atoms with Crippen LogP contribution in [0.5, 0.6) is 0 Å². The molecule has 0 atom stereocenters. The Morgan fingerprint density at radius 2 is 2.15 bits per heavy atom. The first-order valence-electron chi connectivity index (χ1n) is 7.17. The maximum Gasteiger partial charge on any atom is 0.257 e. The highest BCUT2D eigenvalue weighted by molar-refractivity contribution is 5.95. The molecule has 2 heterocycles. The number of piperidine rings is 1. The summed E-state index contributed by atoms with van der Waals surface area (Å²) in [4.78, 5) is 25.2. The first kappa shape index (κ1) is 14.6. The number of nitrogens with zero attached hydrogens (tertiary/aromatic N) is 2. The van der Waals surface area contributed by atoms with Gasteiger partial charge in [0.25, 0.3) is 5.91 Å². The predicted molar refractivity (Wildman–Crippen MR) is 75.3 cm³/mol. The Balaban J connectivity index is 1.87. The van der Waals surface area contributed by atoms with Gasteiger partial charge in [-0.15, -0.1) is 0 Å². The monoisotopic (exact) mass is 278 g/mol. The van der Waals surface area contributed by atoms with E-state index < -0.39 is 0 Å². The standard InChI is InChI=1S/C14H22N4O2/c1-3-13-12(9-16-17-13)14(20)18-6-4-11(5-7-18)8-15-10(2)19/h9,11H,3-8H2,1-2H3,(H,15,19)(H,16,17). The van der Waals surface area contributed by atoms with Crippen molar-refractivity contribution in [1.82, 2.24) is 20.4 Å². The summed E-state index contributed by atoms with van der Waals surface area (Å²) in [5.74, 6) is 0.543. The van der Waals surface area contributed by atoms with Crippen molar-refractivity contribution in [3.8, 4) is 0 Å². The van der Waals surface area contributed by atoms with Crippen LogP contribution in [0.2, 0.25) is 0 Å². The quantitative estimate of drug-likeness (QED) is 0.861. The van der Waals surface area contributed by atoms with Gasteiger partial charge in [0.15, 0.2) is 0 Å². The van der Waals surface area contributed by atoms with Crippen LogP contribution in [0.25, 0.3) is 0 Å². The molecule has 110 valence electrons. The Hall–Kier alpha value is -1.85. The number of carbonyl (C=O) groups is 2. The minimum atomic E-state index is 0.00879. The number of rotatable bonds is 4. The molecule has 0 aliphatic carbocycles. The van der Waals surface area contributed by atoms with Crippen molar-refractivity contribution in [3.05, 3.63) is 17.5 Å². The highest BCUT2D eigenvalue weighted by Crippen LogP contribution is 2.19. The number of hydrogen-bond donors (Lipinski definition) is 2. The van der Waals surface area contributed by atoms with Crippen molar-refractivity contribution in [2.24, 2.45) is 5.92 Å². The third-order valence-corrected chi connectivity index (χ3v) is 3.84. The van der Waals surface area contributed by atoms with Crippen molar-refractivity contribution < 1.29 is 9.59 Å². The second-order valence-corrected chi connectivity index (χ2v) is 5.29. The third kappa shape index (κ3) is 3.37. The van der Waals surface area contributed by atoms with E-state index in [1.807, 2.05) is 11.8 Å². The number of aryl methyl sites for hydroxylation is 1. The number of nitrogens with one attached hydrogen (secondary N) is 2. The minimum absolute atomic E-state index is 0.00879. The van der Waals surface area contributed by atoms with Crippen LogP contribution in [0, 0.1) is 5.92 Å². The largest absolute Gasteiger partial charge is 0.356 e. The van der Waals surface area contributed by atoms with Gasteiger partial charge < -0.3 is 10.2 Å². The Labute approximate surface area is 118 Å². The van der Waals surface area contributed by atoms with Gasteiger partial charge in [0.1, 0.15) is 0 Å². The molecule has 0 spiro atoms. The Bertz CT molecular complexity index is 475. The van der Waals surface area contributed by atoms with Gasteiger partial charge in [-0.25, -0.2) is 0 Å². The van der Waals surface area contributed by atoms with E-state index in [1.54, 1.807) is 6.20 Å². The van der Waals surface area contributed by atoms with Crippen LogP contribution in [0.3, 0.4) is 0 Å². The number of aromatic nitrogens is 2. The van der Waals surface area contributed by atoms with Gasteiger partial charge in [0, 0.05) is 32.3 Å². The molecule has 2 rings (SSSR count). The third-order valence-electron chi connectivity index (χ3n) is 3.84. The molecule has 0 aromatic carbocycles. The highest BCUT2D eigenvalue weighted by Gasteiger charge is 2.25. The molecular formula is C14H22N4O2. The molecule has 1 aliphatic rings. The minimum Gasteiger partial charge on any atom is -0.356 e. The molecule has 6 nitrogen and oxygen atoms in total. The summed E-state index contributed by atoms with van der Waals surface area (Å²) in [6.07, 6.45) is 4.27. The van der Waals surface area contributed by atoms with Crippen molar-refractivity contribution in [2.75, 3.05) is 19.6 Å². The van der Waals surface area contributed by atoms with Crippen LogP contribution in [0.15, 0.2) is 6.20 Å². The average molecular weight is 278 g/mol. The molecule has 0 bridgehead atoms. The van der Waals surface area contributed by atoms with Gasteiger partial charge in [-0.2, -0.15) is 5.10 Å². The summed E-state index contributed by atoms with van der Waals surface area (Å²) in [5.41, 5.74) is 1.59. The Morgan fingerprint density at radius 1 is 1.45 bits per heavy atom. The van der Waals surface area contributed by atoms with Gasteiger partial charge >= 0.3 is 0 Å². The van der Waals surface area contributed by atoms with E-state index in [0.717, 1.165) is 38.0 Å². The number of carbonyl (C=O) groups excluding carboxylic acids is 2. The van der Waals surface area contributed by atoms with Crippen LogP contribution in [-0.4, -0.2) is 46.5 Å². The molecule has 0 unspecified atom stereocenters. The number of amides is 2. The van der Waals surface area contributed by atoms with E-state index in [-0.39, 0.29) is 11.8 Å². The summed E-state index contributed by atoms with van der Waals surface area (Å²) in [5, 5.41) is 9.67. The smallest absolute Gasteiger partial charge is 0.257 e. The average Bonchev–Trinajstić information content (AvgIpc) is 2.93. The van der Waals surface area contributed by atoms with E-state index in [1.165, 1.54) is 6.92 Å². The molecule has 1 aromatic heterocycles. The number of likely N-dealkylation sites (tertiary alicyclic amines) is 1. The molecule has 2 N–H and O–H groups in total. The maximum absolute atomic E-state index is 12.4. The first-order chi connectivity index (χ1) is 9.61. The van der Waals surface area contributed by atoms with E-state index in [4.69, 9.17) is 0 Å². The molecule has 2 amide bonds. The zero-order chi connectivity index (χ0) is 14.5. The van der Waals surface area contributed by atoms with Gasteiger partial charge in [-0.1, -0.05) is 6.92 Å².